The van der Waals surface area contributed by atoms with E-state index in [4.69, 9.17) is 0 Å². The highest BCUT2D eigenvalue weighted by molar-refractivity contribution is 9.10. The molecule has 0 spiro atoms. The molecule has 2 heterocycles. The van der Waals surface area contributed by atoms with Gasteiger partial charge in [0, 0.05) is 25.8 Å². The summed E-state index contributed by atoms with van der Waals surface area (Å²) in [5.41, 5.74) is 1.05. The molecule has 0 radical (unpaired) electrons. The van der Waals surface area contributed by atoms with Crippen LogP contribution < -0.4 is 0 Å². The number of aryl methyl sites for hydroxylation is 1. The Labute approximate surface area is 131 Å². The summed E-state index contributed by atoms with van der Waals surface area (Å²) in [6.45, 7) is 0.558. The number of amides is 1. The molecule has 2 aromatic heterocycles. The number of halogens is 1. The number of aromatic nitrogens is 4. The monoisotopic (exact) mass is 349 g/mol. The zero-order chi connectivity index (χ0) is 14.8. The molecule has 0 atom stereocenters. The summed E-state index contributed by atoms with van der Waals surface area (Å²) >= 11 is 3.36. The van der Waals surface area contributed by atoms with E-state index in [-0.39, 0.29) is 17.8 Å². The van der Waals surface area contributed by atoms with Crippen LogP contribution >= 0.6 is 15.9 Å². The normalized spacial score (nSPS) is 14.8. The van der Waals surface area contributed by atoms with E-state index < -0.39 is 0 Å². The fourth-order valence-corrected chi connectivity index (χ4v) is 2.78. The zero-order valence-corrected chi connectivity index (χ0v) is 13.3. The van der Waals surface area contributed by atoms with E-state index in [0.29, 0.717) is 6.54 Å². The average molecular weight is 350 g/mol. The molecule has 1 amide bonds. The van der Waals surface area contributed by atoms with Crippen molar-refractivity contribution >= 4 is 21.8 Å². The van der Waals surface area contributed by atoms with Crippen molar-refractivity contribution in [3.8, 4) is 0 Å². The van der Waals surface area contributed by atoms with E-state index in [1.165, 1.54) is 6.42 Å². The summed E-state index contributed by atoms with van der Waals surface area (Å²) < 4.78 is 2.33. The first-order chi connectivity index (χ1) is 10.1. The van der Waals surface area contributed by atoms with E-state index in [1.54, 1.807) is 24.3 Å². The highest BCUT2D eigenvalue weighted by Crippen LogP contribution is 2.27. The summed E-state index contributed by atoms with van der Waals surface area (Å²) in [5.74, 6) is 0.158. The lowest BCUT2D eigenvalue weighted by atomic mass is 9.91. The van der Waals surface area contributed by atoms with Crippen LogP contribution in [-0.4, -0.2) is 36.6 Å². The number of nitrogens with zero attached hydrogens (tertiary/aromatic N) is 5. The van der Waals surface area contributed by atoms with Crippen LogP contribution in [0.25, 0.3) is 0 Å². The average Bonchev–Trinajstić information content (AvgIpc) is 2.82. The minimum atomic E-state index is -0.103. The van der Waals surface area contributed by atoms with Crippen molar-refractivity contribution in [2.45, 2.75) is 31.8 Å². The largest absolute Gasteiger partial charge is 0.329 e. The Morgan fingerprint density at radius 2 is 2.29 bits per heavy atom. The molecule has 6 nitrogen and oxygen atoms in total. The third-order valence-electron chi connectivity index (χ3n) is 3.71. The van der Waals surface area contributed by atoms with Crippen LogP contribution in [0.5, 0.6) is 0 Å². The second-order valence-corrected chi connectivity index (χ2v) is 6.06. The van der Waals surface area contributed by atoms with E-state index in [0.717, 1.165) is 23.0 Å². The molecule has 3 rings (SSSR count). The van der Waals surface area contributed by atoms with Gasteiger partial charge in [-0.05, 0) is 52.9 Å². The maximum absolute atomic E-state index is 12.6. The number of hydrogen-bond acceptors (Lipinski definition) is 4. The van der Waals surface area contributed by atoms with Crippen molar-refractivity contribution in [1.82, 2.24) is 24.6 Å². The summed E-state index contributed by atoms with van der Waals surface area (Å²) in [7, 11) is 1.76. The van der Waals surface area contributed by atoms with Crippen molar-refractivity contribution in [1.29, 1.82) is 0 Å². The fourth-order valence-electron chi connectivity index (χ4n) is 2.37. The predicted octanol–water partition coefficient (Wildman–Crippen LogP) is 2.17. The Balaban J connectivity index is 1.82. The van der Waals surface area contributed by atoms with E-state index >= 15 is 0 Å². The van der Waals surface area contributed by atoms with Gasteiger partial charge in [0.25, 0.3) is 5.91 Å². The van der Waals surface area contributed by atoms with E-state index in [1.807, 2.05) is 17.0 Å². The summed E-state index contributed by atoms with van der Waals surface area (Å²) in [6.07, 6.45) is 6.55. The van der Waals surface area contributed by atoms with Crippen LogP contribution in [0.15, 0.2) is 29.3 Å². The number of carbonyl (C=O) groups excluding carboxylic acids is 1. The minimum absolute atomic E-state index is 0.103. The van der Waals surface area contributed by atoms with Gasteiger partial charge in [0.15, 0.2) is 0 Å². The topological polar surface area (TPSA) is 63.9 Å². The van der Waals surface area contributed by atoms with Gasteiger partial charge in [0.1, 0.15) is 10.9 Å². The van der Waals surface area contributed by atoms with Crippen molar-refractivity contribution in [3.05, 3.63) is 40.6 Å². The Hall–Kier alpha value is -1.76. The standard InChI is InChI=1S/C14H16BrN5O/c1-19-9-17-13(18-19)14(21)20(11-3-2-4-11)8-10-5-6-16-12(15)7-10/h5-7,9,11H,2-4,8H2,1H3. The van der Waals surface area contributed by atoms with Crippen LogP contribution in [0.1, 0.15) is 35.4 Å². The van der Waals surface area contributed by atoms with Crippen LogP contribution in [0.3, 0.4) is 0 Å². The zero-order valence-electron chi connectivity index (χ0n) is 11.7. The molecule has 0 saturated heterocycles. The SMILES string of the molecule is Cn1cnc(C(=O)N(Cc2ccnc(Br)c2)C2CCC2)n1. The number of rotatable bonds is 4. The maximum atomic E-state index is 12.6. The molecule has 0 bridgehead atoms. The van der Waals surface area contributed by atoms with E-state index in [9.17, 15) is 4.79 Å². The molecular weight excluding hydrogens is 334 g/mol. The lowest BCUT2D eigenvalue weighted by molar-refractivity contribution is 0.0544. The van der Waals surface area contributed by atoms with Gasteiger partial charge < -0.3 is 4.90 Å². The number of hydrogen-bond donors (Lipinski definition) is 0. The maximum Gasteiger partial charge on any atom is 0.294 e. The summed E-state index contributed by atoms with van der Waals surface area (Å²) in [6, 6.07) is 4.15. The Kier molecular flexibility index (Phi) is 4.01. The second kappa shape index (κ2) is 5.93. The lowest BCUT2D eigenvalue weighted by Crippen LogP contribution is -2.44. The Morgan fingerprint density at radius 1 is 1.48 bits per heavy atom. The van der Waals surface area contributed by atoms with Gasteiger partial charge in [0.05, 0.1) is 0 Å². The van der Waals surface area contributed by atoms with Crippen molar-refractivity contribution in [2.75, 3.05) is 0 Å². The van der Waals surface area contributed by atoms with Gasteiger partial charge in [0.2, 0.25) is 5.82 Å². The first-order valence-electron chi connectivity index (χ1n) is 6.90. The molecule has 0 aliphatic heterocycles. The van der Waals surface area contributed by atoms with Crippen molar-refractivity contribution < 1.29 is 4.79 Å². The van der Waals surface area contributed by atoms with E-state index in [2.05, 4.69) is 31.0 Å². The van der Waals surface area contributed by atoms with Gasteiger partial charge >= 0.3 is 0 Å². The Bertz CT molecular complexity index is 652. The van der Waals surface area contributed by atoms with Crippen LogP contribution in [0.4, 0.5) is 0 Å². The van der Waals surface area contributed by atoms with Gasteiger partial charge in [-0.25, -0.2) is 9.97 Å². The summed E-state index contributed by atoms with van der Waals surface area (Å²) in [4.78, 5) is 22.7. The Morgan fingerprint density at radius 3 is 2.86 bits per heavy atom. The molecule has 1 aliphatic carbocycles. The summed E-state index contributed by atoms with van der Waals surface area (Å²) in [5, 5.41) is 4.12. The molecule has 7 heteroatoms. The first-order valence-corrected chi connectivity index (χ1v) is 7.70. The van der Waals surface area contributed by atoms with Crippen molar-refractivity contribution in [2.24, 2.45) is 7.05 Å². The van der Waals surface area contributed by atoms with Gasteiger partial charge in [-0.2, -0.15) is 0 Å². The molecule has 1 fully saturated rings. The molecule has 0 N–H and O–H groups in total. The second-order valence-electron chi connectivity index (χ2n) is 5.25. The minimum Gasteiger partial charge on any atom is -0.329 e. The molecule has 2 aromatic rings. The number of carbonyl (C=O) groups is 1. The van der Waals surface area contributed by atoms with Crippen LogP contribution in [0.2, 0.25) is 0 Å². The predicted molar refractivity (Wildman–Crippen MR) is 80.5 cm³/mol. The molecular formula is C14H16BrN5O. The molecule has 1 saturated carbocycles. The van der Waals surface area contributed by atoms with Gasteiger partial charge in [-0.1, -0.05) is 0 Å². The van der Waals surface area contributed by atoms with Crippen molar-refractivity contribution in [3.63, 3.8) is 0 Å². The van der Waals surface area contributed by atoms with Gasteiger partial charge in [-0.15, -0.1) is 5.10 Å². The molecule has 1 aliphatic rings. The van der Waals surface area contributed by atoms with Crippen LogP contribution in [-0.2, 0) is 13.6 Å². The lowest BCUT2D eigenvalue weighted by Gasteiger charge is -2.37. The molecule has 110 valence electrons. The third-order valence-corrected chi connectivity index (χ3v) is 4.14. The number of pyridine rings is 1. The highest BCUT2D eigenvalue weighted by atomic mass is 79.9. The first kappa shape index (κ1) is 14.2. The van der Waals surface area contributed by atoms with Crippen LogP contribution in [0, 0.1) is 0 Å². The quantitative estimate of drug-likeness (QED) is 0.793. The fraction of sp³-hybridized carbons (Fsp3) is 0.429. The molecule has 0 unspecified atom stereocenters. The highest BCUT2D eigenvalue weighted by Gasteiger charge is 2.31. The molecule has 21 heavy (non-hydrogen) atoms. The smallest absolute Gasteiger partial charge is 0.294 e. The van der Waals surface area contributed by atoms with Gasteiger partial charge in [-0.3, -0.25) is 9.48 Å². The molecule has 0 aromatic carbocycles. The third kappa shape index (κ3) is 3.12.